The van der Waals surface area contributed by atoms with Crippen LogP contribution in [0.1, 0.15) is 48.4 Å². The van der Waals surface area contributed by atoms with Crippen molar-refractivity contribution in [2.24, 2.45) is 5.92 Å². The molecule has 100 valence electrons. The topological polar surface area (TPSA) is 44.1 Å². The molecule has 1 saturated heterocycles. The van der Waals surface area contributed by atoms with Gasteiger partial charge in [-0.3, -0.25) is 9.48 Å². The van der Waals surface area contributed by atoms with Gasteiger partial charge in [-0.15, -0.1) is 0 Å². The Morgan fingerprint density at radius 2 is 2.06 bits per heavy atom. The molecule has 0 bridgehead atoms. The molecule has 0 spiro atoms. The second kappa shape index (κ2) is 6.14. The van der Waals surface area contributed by atoms with E-state index in [1.807, 2.05) is 6.92 Å². The second-order valence-electron chi connectivity index (χ2n) is 4.87. The van der Waals surface area contributed by atoms with Crippen molar-refractivity contribution in [1.29, 1.82) is 0 Å². The van der Waals surface area contributed by atoms with E-state index < -0.39 is 0 Å². The molecule has 0 unspecified atom stereocenters. The van der Waals surface area contributed by atoms with Crippen molar-refractivity contribution in [3.8, 4) is 0 Å². The van der Waals surface area contributed by atoms with Crippen LogP contribution in [0.15, 0.2) is 0 Å². The molecule has 1 aromatic rings. The lowest BCUT2D eigenvalue weighted by Crippen LogP contribution is -2.22. The van der Waals surface area contributed by atoms with Crippen molar-refractivity contribution in [3.05, 3.63) is 17.0 Å². The summed E-state index contributed by atoms with van der Waals surface area (Å²) in [5.74, 6) is 0.633. The maximum Gasteiger partial charge on any atom is 0.153 e. The minimum absolute atomic E-state index is 0.633. The fourth-order valence-corrected chi connectivity index (χ4v) is 2.66. The molecule has 0 amide bonds. The molecule has 1 fully saturated rings. The van der Waals surface area contributed by atoms with E-state index in [1.165, 1.54) is 0 Å². The van der Waals surface area contributed by atoms with Crippen LogP contribution in [-0.4, -0.2) is 29.3 Å². The molecule has 2 heterocycles. The van der Waals surface area contributed by atoms with Crippen LogP contribution >= 0.6 is 0 Å². The van der Waals surface area contributed by atoms with Crippen LogP contribution in [0.3, 0.4) is 0 Å². The van der Waals surface area contributed by atoms with E-state index in [-0.39, 0.29) is 0 Å². The van der Waals surface area contributed by atoms with Gasteiger partial charge in [0, 0.05) is 25.5 Å². The maximum absolute atomic E-state index is 11.2. The summed E-state index contributed by atoms with van der Waals surface area (Å²) in [7, 11) is 0. The summed E-state index contributed by atoms with van der Waals surface area (Å²) in [4.78, 5) is 11.2. The number of ether oxygens (including phenoxy) is 1. The Balaban J connectivity index is 2.20. The highest BCUT2D eigenvalue weighted by molar-refractivity contribution is 5.78. The van der Waals surface area contributed by atoms with Crippen LogP contribution in [-0.2, 0) is 24.1 Å². The number of aldehydes is 1. The molecule has 1 aliphatic heterocycles. The van der Waals surface area contributed by atoms with E-state index in [0.717, 1.165) is 68.7 Å². The third-order valence-corrected chi connectivity index (χ3v) is 3.73. The average Bonchev–Trinajstić information content (AvgIpc) is 2.76. The molecule has 0 saturated carbocycles. The maximum atomic E-state index is 11.2. The summed E-state index contributed by atoms with van der Waals surface area (Å²) in [5.41, 5.74) is 2.84. The van der Waals surface area contributed by atoms with E-state index in [2.05, 4.69) is 16.7 Å². The Labute approximate surface area is 108 Å². The normalized spacial score (nSPS) is 17.0. The van der Waals surface area contributed by atoms with Crippen molar-refractivity contribution in [2.75, 3.05) is 13.2 Å². The molecule has 0 N–H and O–H groups in total. The molecule has 0 radical (unpaired) electrons. The summed E-state index contributed by atoms with van der Waals surface area (Å²) in [6, 6.07) is 0. The van der Waals surface area contributed by atoms with Gasteiger partial charge in [-0.05, 0) is 31.6 Å². The monoisotopic (exact) mass is 250 g/mol. The van der Waals surface area contributed by atoms with Gasteiger partial charge < -0.3 is 4.74 Å². The molecule has 2 rings (SSSR count). The van der Waals surface area contributed by atoms with E-state index in [0.29, 0.717) is 5.92 Å². The van der Waals surface area contributed by atoms with Crippen LogP contribution in [0.25, 0.3) is 0 Å². The lowest BCUT2D eigenvalue weighted by atomic mass is 10.0. The number of carbonyl (C=O) groups excluding carboxylic acids is 1. The Bertz CT molecular complexity index is 406. The third-order valence-electron chi connectivity index (χ3n) is 3.73. The van der Waals surface area contributed by atoms with Gasteiger partial charge in [-0.1, -0.05) is 13.8 Å². The molecule has 0 aliphatic carbocycles. The largest absolute Gasteiger partial charge is 0.381 e. The van der Waals surface area contributed by atoms with Gasteiger partial charge in [-0.25, -0.2) is 0 Å². The van der Waals surface area contributed by atoms with Gasteiger partial charge in [0.15, 0.2) is 6.29 Å². The Hall–Kier alpha value is -1.16. The number of hydrogen-bond acceptors (Lipinski definition) is 3. The van der Waals surface area contributed by atoms with E-state index in [4.69, 9.17) is 4.74 Å². The van der Waals surface area contributed by atoms with Crippen molar-refractivity contribution < 1.29 is 9.53 Å². The first-order chi connectivity index (χ1) is 8.80. The third kappa shape index (κ3) is 2.64. The minimum atomic E-state index is 0.633. The van der Waals surface area contributed by atoms with Crippen LogP contribution < -0.4 is 0 Å². The van der Waals surface area contributed by atoms with Crippen molar-refractivity contribution in [3.63, 3.8) is 0 Å². The smallest absolute Gasteiger partial charge is 0.153 e. The van der Waals surface area contributed by atoms with Gasteiger partial charge in [0.25, 0.3) is 0 Å². The minimum Gasteiger partial charge on any atom is -0.381 e. The van der Waals surface area contributed by atoms with E-state index >= 15 is 0 Å². The second-order valence-corrected chi connectivity index (χ2v) is 4.87. The molecular weight excluding hydrogens is 228 g/mol. The number of rotatable bonds is 5. The van der Waals surface area contributed by atoms with Gasteiger partial charge in [-0.2, -0.15) is 5.10 Å². The number of aryl methyl sites for hydroxylation is 1. The van der Waals surface area contributed by atoms with Gasteiger partial charge >= 0.3 is 0 Å². The SMILES string of the molecule is CCc1nn(CC2CCOCC2)c(CC)c1C=O. The summed E-state index contributed by atoms with van der Waals surface area (Å²) in [6.45, 7) is 6.77. The van der Waals surface area contributed by atoms with E-state index in [9.17, 15) is 4.79 Å². The Morgan fingerprint density at radius 1 is 1.33 bits per heavy atom. The summed E-state index contributed by atoms with van der Waals surface area (Å²) < 4.78 is 7.43. The molecule has 18 heavy (non-hydrogen) atoms. The lowest BCUT2D eigenvalue weighted by Gasteiger charge is -2.22. The number of carbonyl (C=O) groups is 1. The van der Waals surface area contributed by atoms with Crippen molar-refractivity contribution in [1.82, 2.24) is 9.78 Å². The van der Waals surface area contributed by atoms with Gasteiger partial charge in [0.2, 0.25) is 0 Å². The first kappa shape index (κ1) is 13.3. The highest BCUT2D eigenvalue weighted by Crippen LogP contribution is 2.20. The van der Waals surface area contributed by atoms with Crippen LogP contribution in [0.2, 0.25) is 0 Å². The summed E-state index contributed by atoms with van der Waals surface area (Å²) in [6.07, 6.45) is 4.85. The summed E-state index contributed by atoms with van der Waals surface area (Å²) >= 11 is 0. The van der Waals surface area contributed by atoms with Crippen molar-refractivity contribution >= 4 is 6.29 Å². The molecule has 1 aromatic heterocycles. The fraction of sp³-hybridized carbons (Fsp3) is 0.714. The van der Waals surface area contributed by atoms with Crippen LogP contribution in [0.5, 0.6) is 0 Å². The van der Waals surface area contributed by atoms with Gasteiger partial charge in [0.1, 0.15) is 0 Å². The van der Waals surface area contributed by atoms with Crippen molar-refractivity contribution in [2.45, 2.75) is 46.1 Å². The van der Waals surface area contributed by atoms with Crippen LogP contribution in [0.4, 0.5) is 0 Å². The predicted molar refractivity (Wildman–Crippen MR) is 69.9 cm³/mol. The first-order valence-electron chi connectivity index (χ1n) is 6.91. The molecule has 1 aliphatic rings. The molecule has 0 atom stereocenters. The fourth-order valence-electron chi connectivity index (χ4n) is 2.66. The number of hydrogen-bond donors (Lipinski definition) is 0. The first-order valence-corrected chi connectivity index (χ1v) is 6.91. The zero-order chi connectivity index (χ0) is 13.0. The molecule has 4 nitrogen and oxygen atoms in total. The zero-order valence-corrected chi connectivity index (χ0v) is 11.3. The molecular formula is C14H22N2O2. The highest BCUT2D eigenvalue weighted by atomic mass is 16.5. The zero-order valence-electron chi connectivity index (χ0n) is 11.3. The highest BCUT2D eigenvalue weighted by Gasteiger charge is 2.19. The lowest BCUT2D eigenvalue weighted by molar-refractivity contribution is 0.0598. The standard InChI is InChI=1S/C14H22N2O2/c1-3-13-12(10-17)14(4-2)16(15-13)9-11-5-7-18-8-6-11/h10-11H,3-9H2,1-2H3. The van der Waals surface area contributed by atoms with Gasteiger partial charge in [0.05, 0.1) is 11.3 Å². The van der Waals surface area contributed by atoms with E-state index in [1.54, 1.807) is 0 Å². The molecule has 0 aromatic carbocycles. The Kier molecular flexibility index (Phi) is 4.53. The predicted octanol–water partition coefficient (Wildman–Crippen LogP) is 2.25. The average molecular weight is 250 g/mol. The summed E-state index contributed by atoms with van der Waals surface area (Å²) in [5, 5.41) is 4.61. The Morgan fingerprint density at radius 3 is 2.61 bits per heavy atom. The number of aromatic nitrogens is 2. The van der Waals surface area contributed by atoms with Crippen LogP contribution in [0, 0.1) is 5.92 Å². The quantitative estimate of drug-likeness (QED) is 0.753. The molecule has 4 heteroatoms. The number of nitrogens with zero attached hydrogens (tertiary/aromatic N) is 2.